The zero-order valence-electron chi connectivity index (χ0n) is 8.60. The lowest BCUT2D eigenvalue weighted by Crippen LogP contribution is -2.55. The van der Waals surface area contributed by atoms with Crippen LogP contribution in [-0.2, 0) is 14.4 Å². The third-order valence-electron chi connectivity index (χ3n) is 2.22. The van der Waals surface area contributed by atoms with Gasteiger partial charge in [0.1, 0.15) is 6.54 Å². The lowest BCUT2D eigenvalue weighted by atomic mass is 10.2. The number of amides is 2. The fourth-order valence-electron chi connectivity index (χ4n) is 1.51. The Hall–Kier alpha value is -1.59. The number of hydrogen-bond acceptors (Lipinski definition) is 3. The lowest BCUT2D eigenvalue weighted by Gasteiger charge is -2.32. The van der Waals surface area contributed by atoms with Crippen LogP contribution in [0.5, 0.6) is 0 Å². The van der Waals surface area contributed by atoms with Gasteiger partial charge in [-0.05, 0) is 6.42 Å². The van der Waals surface area contributed by atoms with Gasteiger partial charge in [-0.3, -0.25) is 14.4 Å². The van der Waals surface area contributed by atoms with Crippen LogP contribution < -0.4 is 0 Å². The molecule has 0 radical (unpaired) electrons. The maximum atomic E-state index is 11.4. The van der Waals surface area contributed by atoms with Crippen LogP contribution in [0.1, 0.15) is 13.3 Å². The molecular weight excluding hydrogens is 200 g/mol. The number of aliphatic carboxylic acids is 1. The Bertz CT molecular complexity index is 290. The molecule has 2 amide bonds. The normalized spacial score (nSPS) is 17.1. The topological polar surface area (TPSA) is 77.9 Å². The monoisotopic (exact) mass is 214 g/mol. The van der Waals surface area contributed by atoms with Gasteiger partial charge < -0.3 is 14.9 Å². The number of carbonyl (C=O) groups excluding carboxylic acids is 2. The summed E-state index contributed by atoms with van der Waals surface area (Å²) < 4.78 is 0. The maximum Gasteiger partial charge on any atom is 0.323 e. The molecule has 1 saturated heterocycles. The third kappa shape index (κ3) is 2.68. The molecule has 0 aromatic rings. The molecule has 0 aromatic heterocycles. The fourth-order valence-corrected chi connectivity index (χ4v) is 1.51. The van der Waals surface area contributed by atoms with E-state index in [4.69, 9.17) is 5.11 Å². The molecule has 1 heterocycles. The summed E-state index contributed by atoms with van der Waals surface area (Å²) in [6.07, 6.45) is 0.790. The van der Waals surface area contributed by atoms with Gasteiger partial charge in [0.05, 0.1) is 0 Å². The SMILES string of the molecule is CCCN1CCN(CC(=O)O)C(=O)C1=O. The van der Waals surface area contributed by atoms with Crippen molar-refractivity contribution in [1.82, 2.24) is 9.80 Å². The van der Waals surface area contributed by atoms with Gasteiger partial charge in [0.2, 0.25) is 0 Å². The maximum absolute atomic E-state index is 11.4. The van der Waals surface area contributed by atoms with E-state index in [1.807, 2.05) is 6.92 Å². The molecule has 0 unspecified atom stereocenters. The van der Waals surface area contributed by atoms with Crippen molar-refractivity contribution in [2.45, 2.75) is 13.3 Å². The molecule has 1 fully saturated rings. The van der Waals surface area contributed by atoms with Crippen molar-refractivity contribution in [1.29, 1.82) is 0 Å². The van der Waals surface area contributed by atoms with Crippen LogP contribution in [0.4, 0.5) is 0 Å². The Kier molecular flexibility index (Phi) is 3.65. The Balaban J connectivity index is 2.60. The summed E-state index contributed by atoms with van der Waals surface area (Å²) in [6.45, 7) is 2.79. The number of nitrogens with zero attached hydrogens (tertiary/aromatic N) is 2. The minimum absolute atomic E-state index is 0.302. The van der Waals surface area contributed by atoms with E-state index in [0.29, 0.717) is 19.6 Å². The van der Waals surface area contributed by atoms with E-state index in [2.05, 4.69) is 0 Å². The zero-order chi connectivity index (χ0) is 11.4. The molecule has 15 heavy (non-hydrogen) atoms. The zero-order valence-corrected chi connectivity index (χ0v) is 8.60. The molecule has 1 aliphatic heterocycles. The molecule has 0 atom stereocenters. The first-order chi connectivity index (χ1) is 7.06. The molecule has 1 rings (SSSR count). The highest BCUT2D eigenvalue weighted by atomic mass is 16.4. The number of hydrogen-bond donors (Lipinski definition) is 1. The first-order valence-corrected chi connectivity index (χ1v) is 4.86. The number of rotatable bonds is 4. The summed E-state index contributed by atoms with van der Waals surface area (Å²) in [6, 6.07) is 0. The van der Waals surface area contributed by atoms with Crippen molar-refractivity contribution < 1.29 is 19.5 Å². The highest BCUT2D eigenvalue weighted by Crippen LogP contribution is 2.05. The predicted molar refractivity (Wildman–Crippen MR) is 51.1 cm³/mol. The summed E-state index contributed by atoms with van der Waals surface area (Å²) in [4.78, 5) is 35.8. The molecule has 84 valence electrons. The minimum Gasteiger partial charge on any atom is -0.480 e. The third-order valence-corrected chi connectivity index (χ3v) is 2.22. The summed E-state index contributed by atoms with van der Waals surface area (Å²) >= 11 is 0. The average molecular weight is 214 g/mol. The van der Waals surface area contributed by atoms with Crippen LogP contribution in [-0.4, -0.2) is 58.9 Å². The number of carboxylic acids is 1. The number of piperazine rings is 1. The van der Waals surface area contributed by atoms with Crippen molar-refractivity contribution in [3.05, 3.63) is 0 Å². The van der Waals surface area contributed by atoms with E-state index in [9.17, 15) is 14.4 Å². The smallest absolute Gasteiger partial charge is 0.323 e. The van der Waals surface area contributed by atoms with Crippen LogP contribution >= 0.6 is 0 Å². The van der Waals surface area contributed by atoms with E-state index in [1.54, 1.807) is 0 Å². The number of carbonyl (C=O) groups is 3. The molecule has 0 saturated carbocycles. The van der Waals surface area contributed by atoms with E-state index in [1.165, 1.54) is 4.90 Å². The van der Waals surface area contributed by atoms with Gasteiger partial charge >= 0.3 is 17.8 Å². The van der Waals surface area contributed by atoms with Crippen molar-refractivity contribution in [2.24, 2.45) is 0 Å². The molecule has 0 spiro atoms. The van der Waals surface area contributed by atoms with Gasteiger partial charge in [-0.1, -0.05) is 6.92 Å². The Morgan fingerprint density at radius 3 is 2.33 bits per heavy atom. The second kappa shape index (κ2) is 4.77. The van der Waals surface area contributed by atoms with Crippen LogP contribution in [0.3, 0.4) is 0 Å². The number of carboxylic acid groups (broad SMARTS) is 1. The van der Waals surface area contributed by atoms with Gasteiger partial charge in [0.25, 0.3) is 0 Å². The molecule has 1 N–H and O–H groups in total. The second-order valence-corrected chi connectivity index (χ2v) is 3.41. The van der Waals surface area contributed by atoms with Gasteiger partial charge in [-0.2, -0.15) is 0 Å². The highest BCUT2D eigenvalue weighted by molar-refractivity contribution is 6.35. The van der Waals surface area contributed by atoms with Gasteiger partial charge in [0, 0.05) is 19.6 Å². The molecule has 0 bridgehead atoms. The summed E-state index contributed by atoms with van der Waals surface area (Å²) in [5.74, 6) is -2.40. The van der Waals surface area contributed by atoms with Gasteiger partial charge in [-0.25, -0.2) is 0 Å². The average Bonchev–Trinajstić information content (AvgIpc) is 2.17. The first kappa shape index (κ1) is 11.5. The Labute approximate surface area is 87.5 Å². The Morgan fingerprint density at radius 1 is 1.27 bits per heavy atom. The molecule has 0 aliphatic carbocycles. The highest BCUT2D eigenvalue weighted by Gasteiger charge is 2.32. The molecule has 6 heteroatoms. The van der Waals surface area contributed by atoms with Gasteiger partial charge in [0.15, 0.2) is 0 Å². The van der Waals surface area contributed by atoms with Crippen molar-refractivity contribution in [3.8, 4) is 0 Å². The first-order valence-electron chi connectivity index (χ1n) is 4.86. The van der Waals surface area contributed by atoms with E-state index < -0.39 is 24.3 Å². The van der Waals surface area contributed by atoms with Crippen LogP contribution in [0.25, 0.3) is 0 Å². The fraction of sp³-hybridized carbons (Fsp3) is 0.667. The summed E-state index contributed by atoms with van der Waals surface area (Å²) in [5.41, 5.74) is 0. The molecule has 0 aromatic carbocycles. The van der Waals surface area contributed by atoms with Crippen LogP contribution in [0, 0.1) is 0 Å². The van der Waals surface area contributed by atoms with Crippen molar-refractivity contribution >= 4 is 17.8 Å². The van der Waals surface area contributed by atoms with Crippen LogP contribution in [0.2, 0.25) is 0 Å². The lowest BCUT2D eigenvalue weighted by molar-refractivity contribution is -0.158. The minimum atomic E-state index is -1.10. The second-order valence-electron chi connectivity index (χ2n) is 3.41. The summed E-state index contributed by atoms with van der Waals surface area (Å²) in [7, 11) is 0. The van der Waals surface area contributed by atoms with Crippen molar-refractivity contribution in [3.63, 3.8) is 0 Å². The van der Waals surface area contributed by atoms with E-state index >= 15 is 0 Å². The standard InChI is InChI=1S/C9H14N2O4/c1-2-3-10-4-5-11(6-7(12)13)9(15)8(10)14/h2-6H2,1H3,(H,12,13). The van der Waals surface area contributed by atoms with Crippen molar-refractivity contribution in [2.75, 3.05) is 26.2 Å². The predicted octanol–water partition coefficient (Wildman–Crippen LogP) is -0.848. The van der Waals surface area contributed by atoms with Gasteiger partial charge in [-0.15, -0.1) is 0 Å². The van der Waals surface area contributed by atoms with Crippen LogP contribution in [0.15, 0.2) is 0 Å². The van der Waals surface area contributed by atoms with E-state index in [0.717, 1.165) is 11.3 Å². The summed E-state index contributed by atoms with van der Waals surface area (Å²) in [5, 5.41) is 8.52. The quantitative estimate of drug-likeness (QED) is 0.618. The van der Waals surface area contributed by atoms with E-state index in [-0.39, 0.29) is 0 Å². The molecule has 6 nitrogen and oxygen atoms in total. The molecular formula is C9H14N2O4. The molecule has 1 aliphatic rings. The largest absolute Gasteiger partial charge is 0.480 e. The Morgan fingerprint density at radius 2 is 1.80 bits per heavy atom.